The van der Waals surface area contributed by atoms with Crippen molar-refractivity contribution in [2.24, 2.45) is 0 Å². The fourth-order valence-electron chi connectivity index (χ4n) is 3.20. The number of hydrogen-bond donors (Lipinski definition) is 0. The van der Waals surface area contributed by atoms with Crippen LogP contribution in [0.25, 0.3) is 6.08 Å². The van der Waals surface area contributed by atoms with Crippen LogP contribution in [0.2, 0.25) is 0 Å². The molecule has 0 atom stereocenters. The average molecular weight is 381 g/mol. The van der Waals surface area contributed by atoms with Gasteiger partial charge in [0.15, 0.2) is 11.5 Å². The molecule has 1 fully saturated rings. The van der Waals surface area contributed by atoms with Gasteiger partial charge in [-0.25, -0.2) is 0 Å². The van der Waals surface area contributed by atoms with Gasteiger partial charge in [0.2, 0.25) is 5.91 Å². The second-order valence-corrected chi connectivity index (χ2v) is 6.38. The van der Waals surface area contributed by atoms with E-state index in [4.69, 9.17) is 14.2 Å². The summed E-state index contributed by atoms with van der Waals surface area (Å²) in [6.07, 6.45) is 2.39. The fourth-order valence-corrected chi connectivity index (χ4v) is 3.20. The normalized spacial score (nSPS) is 15.2. The molecule has 28 heavy (non-hydrogen) atoms. The zero-order valence-electron chi connectivity index (χ0n) is 16.2. The van der Waals surface area contributed by atoms with Gasteiger partial charge in [-0.15, -0.1) is 0 Å². The van der Waals surface area contributed by atoms with Gasteiger partial charge in [0.1, 0.15) is 5.75 Å². The molecular weight excluding hydrogens is 358 g/mol. The van der Waals surface area contributed by atoms with Crippen LogP contribution in [0.15, 0.2) is 48.0 Å². The van der Waals surface area contributed by atoms with Crippen molar-refractivity contribution in [3.63, 3.8) is 0 Å². The van der Waals surface area contributed by atoms with Gasteiger partial charge in [0.25, 0.3) is 5.91 Å². The number of amides is 2. The Morgan fingerprint density at radius 2 is 1.57 bits per heavy atom. The van der Waals surface area contributed by atoms with Crippen molar-refractivity contribution >= 4 is 17.9 Å². The maximum absolute atomic E-state index is 12.8. The molecule has 2 aromatic carbocycles. The standard InChI is InChI=1S/C22H23NO5/c1-26-18-14-20(28-3)19(27-2)12-16(18)11-17-13-21(24)23(22(17)25)10-9-15-7-5-4-6-8-15/h4-8,11-12,14H,9-10,13H2,1-3H3. The maximum atomic E-state index is 12.8. The fraction of sp³-hybridized carbons (Fsp3) is 0.273. The largest absolute Gasteiger partial charge is 0.496 e. The lowest BCUT2D eigenvalue weighted by Gasteiger charge is -2.14. The first-order valence-corrected chi connectivity index (χ1v) is 8.96. The third-order valence-corrected chi connectivity index (χ3v) is 4.70. The first-order valence-electron chi connectivity index (χ1n) is 8.96. The molecule has 0 N–H and O–H groups in total. The highest BCUT2D eigenvalue weighted by Crippen LogP contribution is 2.36. The number of likely N-dealkylation sites (tertiary alicyclic amines) is 1. The SMILES string of the molecule is COc1cc(OC)c(OC)cc1C=C1CC(=O)N(CCc2ccccc2)C1=O. The molecule has 2 amide bonds. The number of imide groups is 1. The average Bonchev–Trinajstić information content (AvgIpc) is 2.99. The Balaban J connectivity index is 1.83. The minimum Gasteiger partial charge on any atom is -0.496 e. The van der Waals surface area contributed by atoms with E-state index in [-0.39, 0.29) is 18.2 Å². The third kappa shape index (κ3) is 4.01. The second-order valence-electron chi connectivity index (χ2n) is 6.38. The minimum absolute atomic E-state index is 0.0745. The summed E-state index contributed by atoms with van der Waals surface area (Å²) in [6, 6.07) is 13.2. The Kier molecular flexibility index (Phi) is 5.99. The predicted octanol–water partition coefficient (Wildman–Crippen LogP) is 3.10. The van der Waals surface area contributed by atoms with E-state index in [0.29, 0.717) is 41.4 Å². The maximum Gasteiger partial charge on any atom is 0.256 e. The smallest absolute Gasteiger partial charge is 0.256 e. The minimum atomic E-state index is -0.266. The highest BCUT2D eigenvalue weighted by Gasteiger charge is 2.33. The molecule has 0 unspecified atom stereocenters. The quantitative estimate of drug-likeness (QED) is 0.545. The number of carbonyl (C=O) groups is 2. The van der Waals surface area contributed by atoms with Crippen molar-refractivity contribution in [2.75, 3.05) is 27.9 Å². The molecule has 6 nitrogen and oxygen atoms in total. The summed E-state index contributed by atoms with van der Waals surface area (Å²) in [5, 5.41) is 0. The Hall–Kier alpha value is -3.28. The first-order chi connectivity index (χ1) is 13.6. The van der Waals surface area contributed by atoms with E-state index in [1.165, 1.54) is 19.1 Å². The summed E-state index contributed by atoms with van der Waals surface area (Å²) in [6.45, 7) is 0.363. The van der Waals surface area contributed by atoms with Crippen LogP contribution in [0.5, 0.6) is 17.2 Å². The predicted molar refractivity (Wildman–Crippen MR) is 106 cm³/mol. The summed E-state index contributed by atoms with van der Waals surface area (Å²) in [5.74, 6) is 1.13. The lowest BCUT2D eigenvalue weighted by Crippen LogP contribution is -2.31. The van der Waals surface area contributed by atoms with Crippen molar-refractivity contribution in [2.45, 2.75) is 12.8 Å². The van der Waals surface area contributed by atoms with Gasteiger partial charge in [-0.2, -0.15) is 0 Å². The van der Waals surface area contributed by atoms with E-state index >= 15 is 0 Å². The van der Waals surface area contributed by atoms with Crippen LogP contribution in [0, 0.1) is 0 Å². The molecule has 0 aliphatic carbocycles. The van der Waals surface area contributed by atoms with Crippen LogP contribution in [-0.4, -0.2) is 44.6 Å². The van der Waals surface area contributed by atoms with Gasteiger partial charge in [-0.3, -0.25) is 14.5 Å². The number of ether oxygens (including phenoxy) is 3. The van der Waals surface area contributed by atoms with Crippen molar-refractivity contribution in [1.82, 2.24) is 4.90 Å². The van der Waals surface area contributed by atoms with Crippen LogP contribution in [-0.2, 0) is 16.0 Å². The van der Waals surface area contributed by atoms with E-state index in [0.717, 1.165) is 5.56 Å². The van der Waals surface area contributed by atoms with Crippen LogP contribution in [0.3, 0.4) is 0 Å². The zero-order valence-corrected chi connectivity index (χ0v) is 16.2. The number of methoxy groups -OCH3 is 3. The molecule has 0 radical (unpaired) electrons. The highest BCUT2D eigenvalue weighted by molar-refractivity contribution is 6.15. The molecule has 6 heteroatoms. The number of nitrogens with zero attached hydrogens (tertiary/aromatic N) is 1. The van der Waals surface area contributed by atoms with E-state index in [2.05, 4.69) is 0 Å². The molecule has 3 rings (SSSR count). The van der Waals surface area contributed by atoms with Crippen molar-refractivity contribution in [3.05, 3.63) is 59.2 Å². The molecule has 0 spiro atoms. The number of benzene rings is 2. The molecule has 1 aliphatic heterocycles. The number of hydrogen-bond acceptors (Lipinski definition) is 5. The molecule has 0 bridgehead atoms. The van der Waals surface area contributed by atoms with Crippen LogP contribution >= 0.6 is 0 Å². The molecule has 1 saturated heterocycles. The van der Waals surface area contributed by atoms with E-state index in [9.17, 15) is 9.59 Å². The molecule has 1 aliphatic rings. The van der Waals surface area contributed by atoms with Gasteiger partial charge >= 0.3 is 0 Å². The molecular formula is C22H23NO5. The topological polar surface area (TPSA) is 65.1 Å². The summed E-state index contributed by atoms with van der Waals surface area (Å²) in [5.41, 5.74) is 2.17. The zero-order chi connectivity index (χ0) is 20.1. The Morgan fingerprint density at radius 1 is 0.929 bits per heavy atom. The molecule has 1 heterocycles. The monoisotopic (exact) mass is 381 g/mol. The van der Waals surface area contributed by atoms with Gasteiger partial charge in [0.05, 0.1) is 27.8 Å². The summed E-state index contributed by atoms with van der Waals surface area (Å²) < 4.78 is 16.0. The van der Waals surface area contributed by atoms with Crippen molar-refractivity contribution in [3.8, 4) is 17.2 Å². The molecule has 0 aromatic heterocycles. The van der Waals surface area contributed by atoms with E-state index < -0.39 is 0 Å². The number of carbonyl (C=O) groups excluding carboxylic acids is 2. The summed E-state index contributed by atoms with van der Waals surface area (Å²) >= 11 is 0. The van der Waals surface area contributed by atoms with Crippen molar-refractivity contribution < 1.29 is 23.8 Å². The van der Waals surface area contributed by atoms with E-state index in [1.807, 2.05) is 30.3 Å². The summed E-state index contributed by atoms with van der Waals surface area (Å²) in [4.78, 5) is 26.4. The molecule has 0 saturated carbocycles. The van der Waals surface area contributed by atoms with Crippen LogP contribution in [0.4, 0.5) is 0 Å². The Labute approximate surface area is 164 Å². The highest BCUT2D eigenvalue weighted by atomic mass is 16.5. The Morgan fingerprint density at radius 3 is 2.21 bits per heavy atom. The van der Waals surface area contributed by atoms with Gasteiger partial charge in [-0.05, 0) is 24.1 Å². The lowest BCUT2D eigenvalue weighted by atomic mass is 10.1. The lowest BCUT2D eigenvalue weighted by molar-refractivity contribution is -0.137. The Bertz CT molecular complexity index is 905. The molecule has 2 aromatic rings. The van der Waals surface area contributed by atoms with Crippen molar-refractivity contribution in [1.29, 1.82) is 0 Å². The van der Waals surface area contributed by atoms with Gasteiger partial charge in [0, 0.05) is 23.7 Å². The molecule has 146 valence electrons. The number of rotatable bonds is 7. The van der Waals surface area contributed by atoms with E-state index in [1.54, 1.807) is 25.3 Å². The second kappa shape index (κ2) is 8.61. The third-order valence-electron chi connectivity index (χ3n) is 4.70. The van der Waals surface area contributed by atoms with Crippen LogP contribution < -0.4 is 14.2 Å². The van der Waals surface area contributed by atoms with Crippen LogP contribution in [0.1, 0.15) is 17.5 Å². The summed E-state index contributed by atoms with van der Waals surface area (Å²) in [7, 11) is 4.62. The first kappa shape index (κ1) is 19.5. The van der Waals surface area contributed by atoms with Gasteiger partial charge < -0.3 is 14.2 Å². The van der Waals surface area contributed by atoms with Gasteiger partial charge in [-0.1, -0.05) is 30.3 Å².